The van der Waals surface area contributed by atoms with Crippen LogP contribution in [0.1, 0.15) is 5.82 Å². The van der Waals surface area contributed by atoms with Gasteiger partial charge in [-0.2, -0.15) is 0 Å². The zero-order chi connectivity index (χ0) is 20.1. The zero-order valence-corrected chi connectivity index (χ0v) is 17.8. The lowest BCUT2D eigenvalue weighted by Gasteiger charge is -2.08. The van der Waals surface area contributed by atoms with Crippen LogP contribution in [-0.2, 0) is 18.4 Å². The molecule has 1 aromatic heterocycles. The minimum absolute atomic E-state index is 0.166. The molecular formula is C18H16Cl3N5OS. The van der Waals surface area contributed by atoms with Crippen LogP contribution in [0.15, 0.2) is 47.6 Å². The predicted octanol–water partition coefficient (Wildman–Crippen LogP) is 5.12. The number of anilines is 2. The van der Waals surface area contributed by atoms with E-state index in [-0.39, 0.29) is 11.7 Å². The Morgan fingerprint density at radius 1 is 1.11 bits per heavy atom. The van der Waals surface area contributed by atoms with E-state index in [2.05, 4.69) is 20.8 Å². The molecule has 3 aromatic rings. The second-order valence-electron chi connectivity index (χ2n) is 5.76. The van der Waals surface area contributed by atoms with Crippen molar-refractivity contribution in [2.75, 3.05) is 16.4 Å². The second kappa shape index (κ2) is 9.52. The fraction of sp³-hybridized carbons (Fsp3) is 0.167. The molecule has 0 fully saturated rings. The molecule has 146 valence electrons. The van der Waals surface area contributed by atoms with E-state index in [1.165, 1.54) is 11.8 Å². The summed E-state index contributed by atoms with van der Waals surface area (Å²) in [5.41, 5.74) is 1.41. The van der Waals surface area contributed by atoms with E-state index >= 15 is 0 Å². The van der Waals surface area contributed by atoms with E-state index in [9.17, 15) is 4.79 Å². The van der Waals surface area contributed by atoms with Crippen LogP contribution in [0.3, 0.4) is 0 Å². The van der Waals surface area contributed by atoms with Gasteiger partial charge in [0.05, 0.1) is 28.0 Å². The molecule has 0 unspecified atom stereocenters. The molecule has 2 aromatic carbocycles. The summed E-state index contributed by atoms with van der Waals surface area (Å²) < 4.78 is 1.84. The minimum Gasteiger partial charge on any atom is -0.378 e. The highest BCUT2D eigenvalue weighted by atomic mass is 35.5. The molecule has 1 heterocycles. The Kier molecular flexibility index (Phi) is 7.07. The molecule has 0 saturated carbocycles. The lowest BCUT2D eigenvalue weighted by atomic mass is 10.3. The maximum Gasteiger partial charge on any atom is 0.234 e. The van der Waals surface area contributed by atoms with Crippen molar-refractivity contribution < 1.29 is 4.79 Å². The van der Waals surface area contributed by atoms with Crippen molar-refractivity contribution in [1.29, 1.82) is 0 Å². The van der Waals surface area contributed by atoms with E-state index in [1.807, 2.05) is 35.9 Å². The van der Waals surface area contributed by atoms with Crippen LogP contribution in [0.5, 0.6) is 0 Å². The summed E-state index contributed by atoms with van der Waals surface area (Å²) >= 11 is 19.2. The van der Waals surface area contributed by atoms with Crippen molar-refractivity contribution in [1.82, 2.24) is 14.8 Å². The van der Waals surface area contributed by atoms with Gasteiger partial charge in [-0.05, 0) is 36.4 Å². The lowest BCUT2D eigenvalue weighted by Crippen LogP contribution is -2.15. The number of thioether (sulfide) groups is 1. The SMILES string of the molecule is Cn1c(CNc2ccc(Cl)cc2)nnc1SCC(=O)Nc1cccc(Cl)c1Cl. The van der Waals surface area contributed by atoms with Gasteiger partial charge in [-0.1, -0.05) is 52.6 Å². The summed E-state index contributed by atoms with van der Waals surface area (Å²) in [6.45, 7) is 0.496. The van der Waals surface area contributed by atoms with Gasteiger partial charge < -0.3 is 15.2 Å². The van der Waals surface area contributed by atoms with E-state index in [0.717, 1.165) is 11.5 Å². The van der Waals surface area contributed by atoms with Crippen LogP contribution < -0.4 is 10.6 Å². The number of nitrogens with zero attached hydrogens (tertiary/aromatic N) is 3. The van der Waals surface area contributed by atoms with E-state index in [0.29, 0.717) is 32.5 Å². The van der Waals surface area contributed by atoms with E-state index < -0.39 is 0 Å². The third kappa shape index (κ3) is 5.32. The van der Waals surface area contributed by atoms with Crippen LogP contribution in [0.4, 0.5) is 11.4 Å². The standard InChI is InChI=1S/C18H16Cl3N5OS/c1-26-15(9-22-12-7-5-11(19)6-8-12)24-25-18(26)28-10-16(27)23-14-4-2-3-13(20)17(14)21/h2-8,22H,9-10H2,1H3,(H,23,27). The smallest absolute Gasteiger partial charge is 0.234 e. The Balaban J connectivity index is 1.54. The molecule has 0 aliphatic heterocycles. The molecular weight excluding hydrogens is 441 g/mol. The number of benzene rings is 2. The molecule has 28 heavy (non-hydrogen) atoms. The number of aromatic nitrogens is 3. The maximum absolute atomic E-state index is 12.2. The quantitative estimate of drug-likeness (QED) is 0.483. The molecule has 3 rings (SSSR count). The van der Waals surface area contributed by atoms with Crippen LogP contribution in [0.25, 0.3) is 0 Å². The monoisotopic (exact) mass is 455 g/mol. The van der Waals surface area contributed by atoms with Crippen molar-refractivity contribution in [2.24, 2.45) is 7.05 Å². The normalized spacial score (nSPS) is 10.7. The average Bonchev–Trinajstić information content (AvgIpc) is 3.03. The van der Waals surface area contributed by atoms with Crippen molar-refractivity contribution in [3.63, 3.8) is 0 Å². The first-order chi connectivity index (χ1) is 13.4. The Morgan fingerprint density at radius 2 is 1.86 bits per heavy atom. The van der Waals surface area contributed by atoms with Crippen molar-refractivity contribution in [3.8, 4) is 0 Å². The highest BCUT2D eigenvalue weighted by molar-refractivity contribution is 7.99. The lowest BCUT2D eigenvalue weighted by molar-refractivity contribution is -0.113. The zero-order valence-electron chi connectivity index (χ0n) is 14.7. The van der Waals surface area contributed by atoms with Crippen molar-refractivity contribution in [3.05, 3.63) is 63.4 Å². The summed E-state index contributed by atoms with van der Waals surface area (Å²) in [5, 5.41) is 16.3. The number of halogens is 3. The van der Waals surface area contributed by atoms with Gasteiger partial charge in [0.15, 0.2) is 11.0 Å². The molecule has 0 aliphatic rings. The van der Waals surface area contributed by atoms with Gasteiger partial charge in [0.1, 0.15) is 0 Å². The first-order valence-corrected chi connectivity index (χ1v) is 10.3. The number of carbonyl (C=O) groups excluding carboxylic acids is 1. The summed E-state index contributed by atoms with van der Waals surface area (Å²) in [6.07, 6.45) is 0. The fourth-order valence-electron chi connectivity index (χ4n) is 2.29. The molecule has 6 nitrogen and oxygen atoms in total. The molecule has 0 bridgehead atoms. The van der Waals surface area contributed by atoms with Crippen LogP contribution in [-0.4, -0.2) is 26.4 Å². The van der Waals surface area contributed by atoms with Crippen molar-refractivity contribution >= 4 is 63.8 Å². The molecule has 0 aliphatic carbocycles. The van der Waals surface area contributed by atoms with Crippen LogP contribution in [0.2, 0.25) is 15.1 Å². The third-order valence-corrected chi connectivity index (χ3v) is 5.87. The Morgan fingerprint density at radius 3 is 2.61 bits per heavy atom. The van der Waals surface area contributed by atoms with Gasteiger partial charge in [0.2, 0.25) is 5.91 Å². The molecule has 0 saturated heterocycles. The first-order valence-electron chi connectivity index (χ1n) is 8.18. The first kappa shape index (κ1) is 20.8. The number of hydrogen-bond donors (Lipinski definition) is 2. The number of nitrogens with one attached hydrogen (secondary N) is 2. The summed E-state index contributed by atoms with van der Waals surface area (Å²) in [7, 11) is 1.85. The van der Waals surface area contributed by atoms with E-state index in [4.69, 9.17) is 34.8 Å². The van der Waals surface area contributed by atoms with Crippen LogP contribution >= 0.6 is 46.6 Å². The van der Waals surface area contributed by atoms with Gasteiger partial charge in [0, 0.05) is 17.8 Å². The van der Waals surface area contributed by atoms with Gasteiger partial charge in [-0.15, -0.1) is 10.2 Å². The Hall–Kier alpha value is -1.93. The summed E-state index contributed by atoms with van der Waals surface area (Å²) in [4.78, 5) is 12.2. The number of amides is 1. The summed E-state index contributed by atoms with van der Waals surface area (Å²) in [5.74, 6) is 0.702. The van der Waals surface area contributed by atoms with Crippen LogP contribution in [0, 0.1) is 0 Å². The van der Waals surface area contributed by atoms with Gasteiger partial charge >= 0.3 is 0 Å². The number of carbonyl (C=O) groups is 1. The van der Waals surface area contributed by atoms with Gasteiger partial charge in [0.25, 0.3) is 0 Å². The maximum atomic E-state index is 12.2. The second-order valence-corrected chi connectivity index (χ2v) is 7.92. The molecule has 1 amide bonds. The third-order valence-electron chi connectivity index (χ3n) is 3.78. The molecule has 0 spiro atoms. The highest BCUT2D eigenvalue weighted by Crippen LogP contribution is 2.29. The van der Waals surface area contributed by atoms with Gasteiger partial charge in [-0.25, -0.2) is 0 Å². The van der Waals surface area contributed by atoms with Crippen molar-refractivity contribution in [2.45, 2.75) is 11.7 Å². The Bertz CT molecular complexity index is 978. The Labute approximate surface area is 181 Å². The highest BCUT2D eigenvalue weighted by Gasteiger charge is 2.13. The number of rotatable bonds is 7. The summed E-state index contributed by atoms with van der Waals surface area (Å²) in [6, 6.07) is 12.5. The fourth-order valence-corrected chi connectivity index (χ4v) is 3.49. The largest absolute Gasteiger partial charge is 0.378 e. The molecule has 10 heteroatoms. The predicted molar refractivity (Wildman–Crippen MR) is 116 cm³/mol. The molecule has 2 N–H and O–H groups in total. The minimum atomic E-state index is -0.210. The topological polar surface area (TPSA) is 71.8 Å². The number of hydrogen-bond acceptors (Lipinski definition) is 5. The molecule has 0 radical (unpaired) electrons. The molecule has 0 atom stereocenters. The average molecular weight is 457 g/mol. The van der Waals surface area contributed by atoms with Gasteiger partial charge in [-0.3, -0.25) is 4.79 Å². The van der Waals surface area contributed by atoms with E-state index in [1.54, 1.807) is 18.2 Å².